The van der Waals surface area contributed by atoms with E-state index in [2.05, 4.69) is 0 Å². The zero-order valence-electron chi connectivity index (χ0n) is 12.5. The highest BCUT2D eigenvalue weighted by Crippen LogP contribution is 2.20. The first-order chi connectivity index (χ1) is 9.66. The lowest BCUT2D eigenvalue weighted by atomic mass is 10.0. The van der Waals surface area contributed by atoms with Crippen LogP contribution in [0, 0.1) is 29.2 Å². The Bertz CT molecular complexity index is 514. The molecule has 1 aromatic carbocycles. The average molecular weight is 343 g/mol. The lowest BCUT2D eigenvalue weighted by molar-refractivity contribution is 0.0776. The molecular weight excluding hydrogens is 324 g/mol. The minimum absolute atomic E-state index is 0. The standard InChI is InChI=1S/C14H18F4N2O.ClH/c1-7(2)10(19)4-5-20(3)14(21)11-12(17)8(15)6-9(16)13(11)18;/h6-7,10H,4-5,19H2,1-3H3;1H. The van der Waals surface area contributed by atoms with Crippen molar-refractivity contribution in [3.8, 4) is 0 Å². The van der Waals surface area contributed by atoms with Crippen molar-refractivity contribution in [2.24, 2.45) is 11.7 Å². The summed E-state index contributed by atoms with van der Waals surface area (Å²) in [6.07, 6.45) is 0.404. The van der Waals surface area contributed by atoms with Crippen LogP contribution >= 0.6 is 12.4 Å². The topological polar surface area (TPSA) is 46.3 Å². The number of hydrogen-bond donors (Lipinski definition) is 1. The molecule has 0 aliphatic carbocycles. The van der Waals surface area contributed by atoms with Gasteiger partial charge in [-0.05, 0) is 12.3 Å². The third-order valence-corrected chi connectivity index (χ3v) is 3.33. The van der Waals surface area contributed by atoms with Gasteiger partial charge in [0.2, 0.25) is 0 Å². The SMILES string of the molecule is CC(C)C(N)CCN(C)C(=O)c1c(F)c(F)cc(F)c1F.Cl. The van der Waals surface area contributed by atoms with E-state index >= 15 is 0 Å². The fourth-order valence-electron chi connectivity index (χ4n) is 1.73. The molecule has 0 bridgehead atoms. The van der Waals surface area contributed by atoms with Gasteiger partial charge in [0.15, 0.2) is 23.3 Å². The lowest BCUT2D eigenvalue weighted by Gasteiger charge is -2.22. The van der Waals surface area contributed by atoms with E-state index in [1.807, 2.05) is 13.8 Å². The number of nitrogens with two attached hydrogens (primary N) is 1. The number of carbonyl (C=O) groups is 1. The Morgan fingerprint density at radius 1 is 1.18 bits per heavy atom. The summed E-state index contributed by atoms with van der Waals surface area (Å²) in [6, 6.07) is -0.130. The van der Waals surface area contributed by atoms with Crippen molar-refractivity contribution in [2.75, 3.05) is 13.6 Å². The molecule has 8 heteroatoms. The number of halogens is 5. The summed E-state index contributed by atoms with van der Waals surface area (Å²) >= 11 is 0. The Kier molecular flexibility index (Phi) is 7.83. The molecule has 0 aromatic heterocycles. The van der Waals surface area contributed by atoms with E-state index in [9.17, 15) is 22.4 Å². The van der Waals surface area contributed by atoms with Crippen molar-refractivity contribution in [2.45, 2.75) is 26.3 Å². The molecule has 1 rings (SSSR count). The summed E-state index contributed by atoms with van der Waals surface area (Å²) in [5.74, 6) is -7.56. The fourth-order valence-corrected chi connectivity index (χ4v) is 1.73. The van der Waals surface area contributed by atoms with Gasteiger partial charge in [0.1, 0.15) is 5.56 Å². The Labute approximate surface area is 132 Å². The van der Waals surface area contributed by atoms with Crippen LogP contribution in [0.3, 0.4) is 0 Å². The van der Waals surface area contributed by atoms with Crippen molar-refractivity contribution in [3.63, 3.8) is 0 Å². The van der Waals surface area contributed by atoms with Gasteiger partial charge in [0.25, 0.3) is 5.91 Å². The normalized spacial score (nSPS) is 12.0. The Hall–Kier alpha value is -1.34. The average Bonchev–Trinajstić information content (AvgIpc) is 2.42. The number of nitrogens with zero attached hydrogens (tertiary/aromatic N) is 1. The molecule has 0 saturated carbocycles. The molecular formula is C14H19ClF4N2O. The summed E-state index contributed by atoms with van der Waals surface area (Å²) in [6.45, 7) is 3.91. The van der Waals surface area contributed by atoms with Crippen molar-refractivity contribution >= 4 is 18.3 Å². The van der Waals surface area contributed by atoms with Crippen molar-refractivity contribution in [1.82, 2.24) is 4.90 Å². The molecule has 0 spiro atoms. The molecule has 2 N–H and O–H groups in total. The first-order valence-electron chi connectivity index (χ1n) is 6.50. The Morgan fingerprint density at radius 2 is 1.64 bits per heavy atom. The first kappa shape index (κ1) is 20.7. The minimum atomic E-state index is -1.70. The largest absolute Gasteiger partial charge is 0.341 e. The van der Waals surface area contributed by atoms with Crippen LogP contribution in [-0.2, 0) is 0 Å². The highest BCUT2D eigenvalue weighted by Gasteiger charge is 2.27. The maximum absolute atomic E-state index is 13.5. The van der Waals surface area contributed by atoms with E-state index in [0.29, 0.717) is 6.42 Å². The van der Waals surface area contributed by atoms with Gasteiger partial charge in [-0.25, -0.2) is 17.6 Å². The van der Waals surface area contributed by atoms with Crippen LogP contribution in [0.25, 0.3) is 0 Å². The van der Waals surface area contributed by atoms with Crippen molar-refractivity contribution in [3.05, 3.63) is 34.9 Å². The smallest absolute Gasteiger partial charge is 0.259 e. The summed E-state index contributed by atoms with van der Waals surface area (Å²) < 4.78 is 53.2. The zero-order chi connectivity index (χ0) is 16.3. The molecule has 0 fully saturated rings. The van der Waals surface area contributed by atoms with Crippen LogP contribution in [0.2, 0.25) is 0 Å². The van der Waals surface area contributed by atoms with Crippen LogP contribution in [0.1, 0.15) is 30.6 Å². The molecule has 0 aliphatic rings. The molecule has 0 saturated heterocycles. The molecule has 1 unspecified atom stereocenters. The van der Waals surface area contributed by atoms with E-state index in [1.54, 1.807) is 0 Å². The summed E-state index contributed by atoms with van der Waals surface area (Å²) in [4.78, 5) is 12.9. The van der Waals surface area contributed by atoms with Crippen LogP contribution in [-0.4, -0.2) is 30.4 Å². The van der Waals surface area contributed by atoms with Crippen LogP contribution < -0.4 is 5.73 Å². The molecule has 0 aliphatic heterocycles. The maximum atomic E-state index is 13.5. The van der Waals surface area contributed by atoms with Gasteiger partial charge < -0.3 is 10.6 Å². The molecule has 0 radical (unpaired) electrons. The third-order valence-electron chi connectivity index (χ3n) is 3.33. The van der Waals surface area contributed by atoms with E-state index in [1.165, 1.54) is 7.05 Å². The fraction of sp³-hybridized carbons (Fsp3) is 0.500. The third kappa shape index (κ3) is 4.58. The Balaban J connectivity index is 0.00000441. The van der Waals surface area contributed by atoms with Crippen LogP contribution in [0.15, 0.2) is 6.07 Å². The second-order valence-electron chi connectivity index (χ2n) is 5.27. The van der Waals surface area contributed by atoms with E-state index in [4.69, 9.17) is 5.73 Å². The molecule has 1 atom stereocenters. The molecule has 22 heavy (non-hydrogen) atoms. The summed E-state index contributed by atoms with van der Waals surface area (Å²) in [5.41, 5.74) is 4.58. The van der Waals surface area contributed by atoms with Crippen LogP contribution in [0.4, 0.5) is 17.6 Å². The second-order valence-corrected chi connectivity index (χ2v) is 5.27. The van der Waals surface area contributed by atoms with Gasteiger partial charge in [0.05, 0.1) is 0 Å². The first-order valence-corrected chi connectivity index (χ1v) is 6.50. The summed E-state index contributed by atoms with van der Waals surface area (Å²) in [7, 11) is 1.29. The molecule has 126 valence electrons. The van der Waals surface area contributed by atoms with Gasteiger partial charge in [-0.3, -0.25) is 4.79 Å². The van der Waals surface area contributed by atoms with Gasteiger partial charge in [-0.15, -0.1) is 12.4 Å². The summed E-state index contributed by atoms with van der Waals surface area (Å²) in [5, 5.41) is 0. The molecule has 3 nitrogen and oxygen atoms in total. The van der Waals surface area contributed by atoms with E-state index < -0.39 is 34.7 Å². The van der Waals surface area contributed by atoms with Gasteiger partial charge in [0, 0.05) is 25.7 Å². The maximum Gasteiger partial charge on any atom is 0.259 e. The van der Waals surface area contributed by atoms with Crippen molar-refractivity contribution in [1.29, 1.82) is 0 Å². The quantitative estimate of drug-likeness (QED) is 0.660. The van der Waals surface area contributed by atoms with Gasteiger partial charge in [-0.1, -0.05) is 13.8 Å². The van der Waals surface area contributed by atoms with E-state index in [0.717, 1.165) is 4.90 Å². The lowest BCUT2D eigenvalue weighted by Crippen LogP contribution is -2.35. The van der Waals surface area contributed by atoms with Gasteiger partial charge >= 0.3 is 0 Å². The number of amides is 1. The number of benzene rings is 1. The highest BCUT2D eigenvalue weighted by molar-refractivity contribution is 5.94. The van der Waals surface area contributed by atoms with Crippen LogP contribution in [0.5, 0.6) is 0 Å². The second kappa shape index (κ2) is 8.33. The number of hydrogen-bond acceptors (Lipinski definition) is 2. The Morgan fingerprint density at radius 3 is 2.05 bits per heavy atom. The molecule has 1 aromatic rings. The van der Waals surface area contributed by atoms with E-state index in [-0.39, 0.29) is 37.0 Å². The molecule has 0 heterocycles. The highest BCUT2D eigenvalue weighted by atomic mass is 35.5. The predicted octanol–water partition coefficient (Wildman–Crippen LogP) is 3.11. The monoisotopic (exact) mass is 342 g/mol. The predicted molar refractivity (Wildman–Crippen MR) is 77.9 cm³/mol. The molecule has 1 amide bonds. The number of carbonyl (C=O) groups excluding carboxylic acids is 1. The zero-order valence-corrected chi connectivity index (χ0v) is 13.3. The number of rotatable bonds is 5. The van der Waals surface area contributed by atoms with Crippen molar-refractivity contribution < 1.29 is 22.4 Å². The van der Waals surface area contributed by atoms with Gasteiger partial charge in [-0.2, -0.15) is 0 Å². The minimum Gasteiger partial charge on any atom is -0.341 e.